The number of methoxy groups -OCH3 is 1. The maximum Gasteiger partial charge on any atom is 0.136 e. The molecule has 3 nitrogen and oxygen atoms in total. The first-order valence-electron chi connectivity index (χ1n) is 8.04. The quantitative estimate of drug-likeness (QED) is 0.863. The van der Waals surface area contributed by atoms with Gasteiger partial charge in [-0.15, -0.1) is 0 Å². The van der Waals surface area contributed by atoms with Gasteiger partial charge in [0.05, 0.1) is 12.7 Å². The molecular weight excluding hydrogens is 260 g/mol. The molecule has 1 N–H and O–H groups in total. The summed E-state index contributed by atoms with van der Waals surface area (Å²) in [6.07, 6.45) is 6.84. The van der Waals surface area contributed by atoms with Crippen LogP contribution in [-0.2, 0) is 6.54 Å². The monoisotopic (exact) mass is 286 g/mol. The van der Waals surface area contributed by atoms with Crippen LogP contribution in [0.4, 0.5) is 0 Å². The van der Waals surface area contributed by atoms with Crippen molar-refractivity contribution in [3.63, 3.8) is 0 Å². The number of nitrogens with zero attached hydrogens (tertiary/aromatic N) is 1. The second-order valence-corrected chi connectivity index (χ2v) is 6.07. The average Bonchev–Trinajstić information content (AvgIpc) is 2.55. The predicted molar refractivity (Wildman–Crippen MR) is 85.2 cm³/mol. The van der Waals surface area contributed by atoms with Crippen LogP contribution in [0.2, 0.25) is 0 Å². The zero-order valence-corrected chi connectivity index (χ0v) is 13.2. The van der Waals surface area contributed by atoms with Gasteiger partial charge in [0, 0.05) is 6.54 Å². The van der Waals surface area contributed by atoms with E-state index in [1.807, 2.05) is 18.2 Å². The highest BCUT2D eigenvalue weighted by Crippen LogP contribution is 2.30. The Morgan fingerprint density at radius 2 is 1.95 bits per heavy atom. The van der Waals surface area contributed by atoms with Crippen LogP contribution in [0, 0.1) is 23.2 Å². The second-order valence-electron chi connectivity index (χ2n) is 6.07. The molecule has 1 saturated carbocycles. The lowest BCUT2D eigenvalue weighted by Gasteiger charge is -2.27. The van der Waals surface area contributed by atoms with Crippen molar-refractivity contribution in [3.05, 3.63) is 29.3 Å². The summed E-state index contributed by atoms with van der Waals surface area (Å²) in [5.74, 6) is 2.43. The van der Waals surface area contributed by atoms with Crippen molar-refractivity contribution >= 4 is 0 Å². The molecule has 0 amide bonds. The molecule has 114 valence electrons. The van der Waals surface area contributed by atoms with Gasteiger partial charge < -0.3 is 10.1 Å². The van der Waals surface area contributed by atoms with Gasteiger partial charge in [0.2, 0.25) is 0 Å². The first-order valence-corrected chi connectivity index (χ1v) is 8.04. The summed E-state index contributed by atoms with van der Waals surface area (Å²) in [5, 5.41) is 12.6. The van der Waals surface area contributed by atoms with E-state index in [2.05, 4.69) is 18.3 Å². The molecule has 0 radical (unpaired) electrons. The number of nitrogens with one attached hydrogen (secondary N) is 1. The lowest BCUT2D eigenvalue weighted by Crippen LogP contribution is -2.26. The number of hydrogen-bond acceptors (Lipinski definition) is 3. The molecule has 1 fully saturated rings. The number of rotatable bonds is 6. The number of nitriles is 1. The van der Waals surface area contributed by atoms with E-state index in [0.717, 1.165) is 30.5 Å². The smallest absolute Gasteiger partial charge is 0.136 e. The molecule has 0 aromatic heterocycles. The summed E-state index contributed by atoms with van der Waals surface area (Å²) in [6.45, 7) is 4.22. The Morgan fingerprint density at radius 3 is 2.57 bits per heavy atom. The summed E-state index contributed by atoms with van der Waals surface area (Å²) >= 11 is 0. The fraction of sp³-hybridized carbons (Fsp3) is 0.611. The van der Waals surface area contributed by atoms with Gasteiger partial charge in [-0.05, 0) is 48.9 Å². The fourth-order valence-electron chi connectivity index (χ4n) is 3.22. The van der Waals surface area contributed by atoms with Gasteiger partial charge in [-0.1, -0.05) is 32.3 Å². The van der Waals surface area contributed by atoms with Crippen LogP contribution in [0.1, 0.15) is 50.2 Å². The van der Waals surface area contributed by atoms with Crippen LogP contribution in [-0.4, -0.2) is 13.7 Å². The van der Waals surface area contributed by atoms with Crippen LogP contribution in [0.5, 0.6) is 5.75 Å². The Kier molecular flexibility index (Phi) is 6.07. The summed E-state index contributed by atoms with van der Waals surface area (Å²) < 4.78 is 5.17. The first kappa shape index (κ1) is 15.9. The van der Waals surface area contributed by atoms with Gasteiger partial charge >= 0.3 is 0 Å². The molecule has 1 aliphatic carbocycles. The molecule has 0 bridgehead atoms. The van der Waals surface area contributed by atoms with Gasteiger partial charge in [-0.3, -0.25) is 0 Å². The molecule has 0 aliphatic heterocycles. The van der Waals surface area contributed by atoms with E-state index in [0.29, 0.717) is 11.3 Å². The van der Waals surface area contributed by atoms with Crippen LogP contribution in [0.25, 0.3) is 0 Å². The molecule has 0 heterocycles. The maximum atomic E-state index is 9.10. The third-order valence-electron chi connectivity index (χ3n) is 4.69. The average molecular weight is 286 g/mol. The summed E-state index contributed by atoms with van der Waals surface area (Å²) in [4.78, 5) is 0. The topological polar surface area (TPSA) is 45.0 Å². The van der Waals surface area contributed by atoms with Crippen molar-refractivity contribution in [1.82, 2.24) is 5.32 Å². The highest BCUT2D eigenvalue weighted by Gasteiger charge is 2.19. The third kappa shape index (κ3) is 4.47. The van der Waals surface area contributed by atoms with Crippen molar-refractivity contribution in [2.75, 3.05) is 13.7 Å². The van der Waals surface area contributed by atoms with E-state index in [-0.39, 0.29) is 0 Å². The number of ether oxygens (including phenoxy) is 1. The molecule has 1 aliphatic rings. The van der Waals surface area contributed by atoms with Crippen LogP contribution >= 0.6 is 0 Å². The van der Waals surface area contributed by atoms with Gasteiger partial charge in [-0.25, -0.2) is 0 Å². The number of benzene rings is 1. The Balaban J connectivity index is 1.78. The Bertz CT molecular complexity index is 484. The minimum atomic E-state index is 0.611. The molecule has 21 heavy (non-hydrogen) atoms. The molecule has 0 spiro atoms. The number of hydrogen-bond donors (Lipinski definition) is 1. The highest BCUT2D eigenvalue weighted by molar-refractivity contribution is 5.45. The molecule has 0 unspecified atom stereocenters. The van der Waals surface area contributed by atoms with E-state index in [9.17, 15) is 0 Å². The van der Waals surface area contributed by atoms with Crippen LogP contribution < -0.4 is 10.1 Å². The fourth-order valence-corrected chi connectivity index (χ4v) is 3.22. The van der Waals surface area contributed by atoms with Crippen molar-refractivity contribution in [3.8, 4) is 11.8 Å². The summed E-state index contributed by atoms with van der Waals surface area (Å²) in [5.41, 5.74) is 1.76. The van der Waals surface area contributed by atoms with Gasteiger partial charge in [0.1, 0.15) is 11.8 Å². The molecule has 1 aromatic carbocycles. The van der Waals surface area contributed by atoms with E-state index >= 15 is 0 Å². The lowest BCUT2D eigenvalue weighted by atomic mass is 9.81. The molecule has 0 saturated heterocycles. The first-order chi connectivity index (χ1) is 10.3. The summed E-state index contributed by atoms with van der Waals surface area (Å²) in [7, 11) is 1.60. The van der Waals surface area contributed by atoms with Gasteiger partial charge in [0.25, 0.3) is 0 Å². The van der Waals surface area contributed by atoms with Crippen molar-refractivity contribution in [2.45, 2.75) is 45.6 Å². The van der Waals surface area contributed by atoms with E-state index in [1.165, 1.54) is 32.1 Å². The Morgan fingerprint density at radius 1 is 1.24 bits per heavy atom. The van der Waals surface area contributed by atoms with Crippen molar-refractivity contribution < 1.29 is 4.74 Å². The molecule has 0 atom stereocenters. The van der Waals surface area contributed by atoms with Crippen LogP contribution in [0.3, 0.4) is 0 Å². The maximum absolute atomic E-state index is 9.10. The van der Waals surface area contributed by atoms with E-state index < -0.39 is 0 Å². The van der Waals surface area contributed by atoms with Crippen molar-refractivity contribution in [2.24, 2.45) is 11.8 Å². The molecular formula is C18H26N2O. The minimum absolute atomic E-state index is 0.611. The largest absolute Gasteiger partial charge is 0.495 e. The minimum Gasteiger partial charge on any atom is -0.495 e. The van der Waals surface area contributed by atoms with Gasteiger partial charge in [-0.2, -0.15) is 5.26 Å². The standard InChI is InChI=1S/C18H26N2O/c1-3-14-4-6-15(7-5-14)12-20-13-16-8-9-18(21-2)17(10-16)11-19/h8-10,14-15,20H,3-7,12-13H2,1-2H3. The Hall–Kier alpha value is -1.53. The second kappa shape index (κ2) is 8.05. The van der Waals surface area contributed by atoms with Crippen LogP contribution in [0.15, 0.2) is 18.2 Å². The molecule has 2 rings (SSSR count). The predicted octanol–water partition coefficient (Wildman–Crippen LogP) is 3.87. The zero-order valence-electron chi connectivity index (χ0n) is 13.2. The van der Waals surface area contributed by atoms with Crippen molar-refractivity contribution in [1.29, 1.82) is 5.26 Å². The normalized spacial score (nSPS) is 21.8. The molecule has 1 aromatic rings. The van der Waals surface area contributed by atoms with Gasteiger partial charge in [0.15, 0.2) is 0 Å². The zero-order chi connectivity index (χ0) is 15.1. The van der Waals surface area contributed by atoms with E-state index in [4.69, 9.17) is 10.00 Å². The summed E-state index contributed by atoms with van der Waals surface area (Å²) in [6, 6.07) is 8.01. The third-order valence-corrected chi connectivity index (χ3v) is 4.69. The SMILES string of the molecule is CCC1CCC(CNCc2ccc(OC)c(C#N)c2)CC1. The Labute approximate surface area is 128 Å². The van der Waals surface area contributed by atoms with E-state index in [1.54, 1.807) is 7.11 Å². The lowest BCUT2D eigenvalue weighted by molar-refractivity contribution is 0.262. The highest BCUT2D eigenvalue weighted by atomic mass is 16.5. The molecule has 3 heteroatoms.